The second kappa shape index (κ2) is 7.87. The summed E-state index contributed by atoms with van der Waals surface area (Å²) in [6.07, 6.45) is 2.44. The van der Waals surface area contributed by atoms with E-state index in [0.717, 1.165) is 24.2 Å². The number of hydrogen-bond donors (Lipinski definition) is 1. The molecule has 3 rings (SSSR count). The third kappa shape index (κ3) is 4.51. The highest BCUT2D eigenvalue weighted by atomic mass is 35.5. The third-order valence-electron chi connectivity index (χ3n) is 4.15. The van der Waals surface area contributed by atoms with Gasteiger partial charge in [0.2, 0.25) is 11.8 Å². The maximum atomic E-state index is 12.3. The van der Waals surface area contributed by atoms with Crippen molar-refractivity contribution in [1.82, 2.24) is 15.5 Å². The van der Waals surface area contributed by atoms with Gasteiger partial charge >= 0.3 is 0 Å². The van der Waals surface area contributed by atoms with Crippen LogP contribution in [-0.4, -0.2) is 22.7 Å². The van der Waals surface area contributed by atoms with Crippen molar-refractivity contribution < 1.29 is 14.1 Å². The maximum Gasteiger partial charge on any atom is 0.227 e. The molecule has 6 nitrogen and oxygen atoms in total. The molecule has 1 aliphatic heterocycles. The third-order valence-corrected chi connectivity index (χ3v) is 4.38. The highest BCUT2D eigenvalue weighted by Crippen LogP contribution is 2.33. The number of nitrogens with zero attached hydrogens (tertiary/aromatic N) is 2. The number of nitrogens with one attached hydrogen (secondary N) is 1. The average molecular weight is 364 g/mol. The topological polar surface area (TPSA) is 77.2 Å². The van der Waals surface area contributed by atoms with Crippen LogP contribution < -0.4 is 10.1 Å². The van der Waals surface area contributed by atoms with Gasteiger partial charge in [-0.1, -0.05) is 36.7 Å². The highest BCUT2D eigenvalue weighted by molar-refractivity contribution is 6.30. The predicted octanol–water partition coefficient (Wildman–Crippen LogP) is 3.81. The number of carbonyl (C=O) groups is 1. The lowest BCUT2D eigenvalue weighted by atomic mass is 10.0. The number of aryl methyl sites for hydroxylation is 1. The number of hydrogen-bond acceptors (Lipinski definition) is 5. The molecule has 1 atom stereocenters. The van der Waals surface area contributed by atoms with Crippen molar-refractivity contribution in [2.45, 2.75) is 51.5 Å². The fourth-order valence-electron chi connectivity index (χ4n) is 2.79. The number of carbonyl (C=O) groups excluding carboxylic acids is 1. The van der Waals surface area contributed by atoms with Gasteiger partial charge in [0.05, 0.1) is 12.6 Å². The van der Waals surface area contributed by atoms with Crippen LogP contribution in [0.1, 0.15) is 62.3 Å². The van der Waals surface area contributed by atoms with Gasteiger partial charge in [0.1, 0.15) is 5.75 Å². The number of fused-ring (bicyclic) bond motifs is 1. The van der Waals surface area contributed by atoms with Crippen LogP contribution in [0.3, 0.4) is 0 Å². The van der Waals surface area contributed by atoms with E-state index in [0.29, 0.717) is 36.2 Å². The van der Waals surface area contributed by atoms with Gasteiger partial charge < -0.3 is 14.6 Å². The van der Waals surface area contributed by atoms with E-state index in [2.05, 4.69) is 15.5 Å². The molecule has 0 unspecified atom stereocenters. The molecule has 1 N–H and O–H groups in total. The first-order valence-electron chi connectivity index (χ1n) is 8.57. The molecule has 1 amide bonds. The molecule has 134 valence electrons. The Kier molecular flexibility index (Phi) is 5.58. The maximum absolute atomic E-state index is 12.3. The van der Waals surface area contributed by atoms with Crippen LogP contribution in [0.25, 0.3) is 0 Å². The molecule has 2 aromatic rings. The van der Waals surface area contributed by atoms with Crippen LogP contribution >= 0.6 is 11.6 Å². The van der Waals surface area contributed by atoms with E-state index in [1.165, 1.54) is 0 Å². The zero-order valence-corrected chi connectivity index (χ0v) is 15.2. The van der Waals surface area contributed by atoms with Crippen LogP contribution in [0.2, 0.25) is 5.02 Å². The summed E-state index contributed by atoms with van der Waals surface area (Å²) in [7, 11) is 0. The molecule has 1 aliphatic rings. The summed E-state index contributed by atoms with van der Waals surface area (Å²) in [5.41, 5.74) is 0.968. The largest absolute Gasteiger partial charge is 0.493 e. The molecule has 0 saturated carbocycles. The molecule has 1 aromatic carbocycles. The van der Waals surface area contributed by atoms with Gasteiger partial charge in [-0.05, 0) is 25.0 Å². The number of aromatic nitrogens is 2. The van der Waals surface area contributed by atoms with Gasteiger partial charge in [0.25, 0.3) is 0 Å². The monoisotopic (exact) mass is 363 g/mol. The molecule has 0 spiro atoms. The van der Waals surface area contributed by atoms with Gasteiger partial charge in [-0.25, -0.2) is 0 Å². The molecule has 2 heterocycles. The van der Waals surface area contributed by atoms with Crippen molar-refractivity contribution in [3.63, 3.8) is 0 Å². The second-order valence-corrected chi connectivity index (χ2v) is 6.93. The molecule has 25 heavy (non-hydrogen) atoms. The Hall–Kier alpha value is -2.08. The Morgan fingerprint density at radius 3 is 3.04 bits per heavy atom. The zero-order valence-electron chi connectivity index (χ0n) is 14.4. The summed E-state index contributed by atoms with van der Waals surface area (Å²) in [6, 6.07) is 5.46. The second-order valence-electron chi connectivity index (χ2n) is 6.49. The highest BCUT2D eigenvalue weighted by Gasteiger charge is 2.22. The van der Waals surface area contributed by atoms with Crippen molar-refractivity contribution in [3.05, 3.63) is 40.5 Å². The first kappa shape index (κ1) is 17.7. The molecule has 0 aliphatic carbocycles. The van der Waals surface area contributed by atoms with Gasteiger partial charge in [0, 0.05) is 29.3 Å². The van der Waals surface area contributed by atoms with E-state index in [-0.39, 0.29) is 17.9 Å². The Morgan fingerprint density at radius 1 is 1.44 bits per heavy atom. The quantitative estimate of drug-likeness (QED) is 0.874. The van der Waals surface area contributed by atoms with Crippen LogP contribution in [0.15, 0.2) is 22.7 Å². The van der Waals surface area contributed by atoms with Crippen LogP contribution in [0.4, 0.5) is 0 Å². The van der Waals surface area contributed by atoms with Crippen molar-refractivity contribution in [2.24, 2.45) is 0 Å². The van der Waals surface area contributed by atoms with E-state index in [1.807, 2.05) is 26.0 Å². The summed E-state index contributed by atoms with van der Waals surface area (Å²) < 4.78 is 10.9. The van der Waals surface area contributed by atoms with E-state index < -0.39 is 0 Å². The molecular formula is C18H22ClN3O3. The number of ether oxygens (including phenoxy) is 1. The minimum atomic E-state index is -0.0730. The first-order valence-corrected chi connectivity index (χ1v) is 8.95. The number of amides is 1. The van der Waals surface area contributed by atoms with Crippen LogP contribution in [-0.2, 0) is 11.2 Å². The fraction of sp³-hybridized carbons (Fsp3) is 0.500. The average Bonchev–Trinajstić information content (AvgIpc) is 2.97. The summed E-state index contributed by atoms with van der Waals surface area (Å²) in [4.78, 5) is 16.6. The molecule has 1 aromatic heterocycles. The van der Waals surface area contributed by atoms with Crippen LogP contribution in [0.5, 0.6) is 5.75 Å². The lowest BCUT2D eigenvalue weighted by Gasteiger charge is -2.18. The molecule has 0 bridgehead atoms. The van der Waals surface area contributed by atoms with E-state index in [4.69, 9.17) is 20.9 Å². The summed E-state index contributed by atoms with van der Waals surface area (Å²) in [5, 5.41) is 7.62. The summed E-state index contributed by atoms with van der Waals surface area (Å²) >= 11 is 6.03. The van der Waals surface area contributed by atoms with E-state index in [9.17, 15) is 4.79 Å². The molecule has 0 fully saturated rings. The molecule has 7 heteroatoms. The zero-order chi connectivity index (χ0) is 17.8. The molecule has 0 saturated heterocycles. The Morgan fingerprint density at radius 2 is 2.28 bits per heavy atom. The normalized spacial score (nSPS) is 16.9. The smallest absolute Gasteiger partial charge is 0.227 e. The Labute approximate surface area is 151 Å². The van der Waals surface area contributed by atoms with Gasteiger partial charge in [-0.2, -0.15) is 4.98 Å². The van der Waals surface area contributed by atoms with Gasteiger partial charge in [-0.3, -0.25) is 4.79 Å². The first-order chi connectivity index (χ1) is 12.0. The van der Waals surface area contributed by atoms with Crippen molar-refractivity contribution in [2.75, 3.05) is 6.61 Å². The molecular weight excluding hydrogens is 342 g/mol. The lowest BCUT2D eigenvalue weighted by molar-refractivity contribution is -0.121. The minimum Gasteiger partial charge on any atom is -0.493 e. The number of rotatable bonds is 5. The van der Waals surface area contributed by atoms with E-state index >= 15 is 0 Å². The molecule has 0 radical (unpaired) electrons. The minimum absolute atomic E-state index is 0.0444. The Balaban J connectivity index is 1.60. The van der Waals surface area contributed by atoms with Gasteiger partial charge in [0.15, 0.2) is 5.82 Å². The SMILES string of the molecule is CC(C)c1noc(CCC(=O)N[C@@H]2CCCOc3cc(Cl)ccc32)n1. The van der Waals surface area contributed by atoms with Gasteiger partial charge in [-0.15, -0.1) is 0 Å². The number of benzene rings is 1. The van der Waals surface area contributed by atoms with Crippen molar-refractivity contribution in [3.8, 4) is 5.75 Å². The standard InChI is InChI=1S/C18H22ClN3O3/c1-11(2)18-21-17(25-22-18)8-7-16(23)20-14-4-3-9-24-15-10-12(19)5-6-13(14)15/h5-6,10-11,14H,3-4,7-9H2,1-2H3,(H,20,23)/t14-/m1/s1. The van der Waals surface area contributed by atoms with Crippen molar-refractivity contribution >= 4 is 17.5 Å². The van der Waals surface area contributed by atoms with Crippen molar-refractivity contribution in [1.29, 1.82) is 0 Å². The summed E-state index contributed by atoms with van der Waals surface area (Å²) in [6.45, 7) is 4.62. The lowest BCUT2D eigenvalue weighted by Crippen LogP contribution is -2.28. The fourth-order valence-corrected chi connectivity index (χ4v) is 2.95. The van der Waals surface area contributed by atoms with E-state index in [1.54, 1.807) is 6.07 Å². The summed E-state index contributed by atoms with van der Waals surface area (Å²) in [5.74, 6) is 2.07. The van der Waals surface area contributed by atoms with Crippen LogP contribution in [0, 0.1) is 0 Å². The Bertz CT molecular complexity index is 745. The predicted molar refractivity (Wildman–Crippen MR) is 93.8 cm³/mol. The number of halogens is 1.